The molecule has 20 heavy (non-hydrogen) atoms. The lowest BCUT2D eigenvalue weighted by Gasteiger charge is -2.36. The van der Waals surface area contributed by atoms with E-state index in [-0.39, 0.29) is 5.92 Å². The maximum absolute atomic E-state index is 12.1. The van der Waals surface area contributed by atoms with E-state index >= 15 is 0 Å². The number of amides is 1. The largest absolute Gasteiger partial charge is 0.356 e. The second kappa shape index (κ2) is 9.07. The molecule has 0 heterocycles. The summed E-state index contributed by atoms with van der Waals surface area (Å²) in [6, 6.07) is 0. The number of hydrogen-bond donors (Lipinski definition) is 1. The minimum absolute atomic E-state index is 0.274. The Hall–Kier alpha value is -0.0500. The van der Waals surface area contributed by atoms with Crippen molar-refractivity contribution in [3.8, 4) is 0 Å². The van der Waals surface area contributed by atoms with Gasteiger partial charge < -0.3 is 5.32 Å². The first kappa shape index (κ1) is 18.0. The number of rotatable bonds is 7. The summed E-state index contributed by atoms with van der Waals surface area (Å²) in [4.78, 5) is 12.1. The van der Waals surface area contributed by atoms with E-state index in [4.69, 9.17) is 0 Å². The molecule has 0 aromatic carbocycles. The predicted molar refractivity (Wildman–Crippen MR) is 90.2 cm³/mol. The minimum Gasteiger partial charge on any atom is -0.356 e. The average Bonchev–Trinajstić information content (AvgIpc) is 2.41. The minimum atomic E-state index is 0.274. The van der Waals surface area contributed by atoms with Gasteiger partial charge in [0.2, 0.25) is 5.91 Å². The van der Waals surface area contributed by atoms with Crippen LogP contribution in [0.5, 0.6) is 0 Å². The van der Waals surface area contributed by atoms with Crippen molar-refractivity contribution in [1.29, 1.82) is 0 Å². The summed E-state index contributed by atoms with van der Waals surface area (Å²) >= 11 is 3.44. The number of carbonyl (C=O) groups is 1. The Morgan fingerprint density at radius 2 is 1.65 bits per heavy atom. The van der Waals surface area contributed by atoms with Gasteiger partial charge >= 0.3 is 0 Å². The van der Waals surface area contributed by atoms with Crippen LogP contribution >= 0.6 is 15.9 Å². The van der Waals surface area contributed by atoms with Gasteiger partial charge in [-0.15, -0.1) is 0 Å². The Labute approximate surface area is 133 Å². The van der Waals surface area contributed by atoms with E-state index in [9.17, 15) is 4.79 Å². The molecular formula is C17H32BrNO. The van der Waals surface area contributed by atoms with Gasteiger partial charge in [0.1, 0.15) is 0 Å². The van der Waals surface area contributed by atoms with Crippen LogP contribution in [0.2, 0.25) is 0 Å². The fraction of sp³-hybridized carbons (Fsp3) is 0.941. The van der Waals surface area contributed by atoms with E-state index < -0.39 is 0 Å². The molecule has 0 aromatic heterocycles. The van der Waals surface area contributed by atoms with Gasteiger partial charge in [-0.25, -0.2) is 0 Å². The SMILES string of the molecule is CC(C)(C)C1CCC(C(=O)NCCCCCCBr)CC1. The van der Waals surface area contributed by atoms with E-state index in [1.54, 1.807) is 0 Å². The van der Waals surface area contributed by atoms with Crippen molar-refractivity contribution < 1.29 is 4.79 Å². The molecule has 0 aromatic rings. The normalized spacial score (nSPS) is 23.6. The van der Waals surface area contributed by atoms with Crippen LogP contribution in [0, 0.1) is 17.3 Å². The third-order valence-electron chi connectivity index (χ3n) is 4.68. The fourth-order valence-electron chi connectivity index (χ4n) is 3.15. The highest BCUT2D eigenvalue weighted by Gasteiger charge is 2.32. The molecule has 1 fully saturated rings. The molecule has 0 bridgehead atoms. The zero-order chi connectivity index (χ0) is 15.0. The summed E-state index contributed by atoms with van der Waals surface area (Å²) in [5, 5.41) is 4.23. The van der Waals surface area contributed by atoms with E-state index in [1.165, 1.54) is 32.1 Å². The van der Waals surface area contributed by atoms with Gasteiger partial charge in [-0.05, 0) is 49.9 Å². The highest BCUT2D eigenvalue weighted by Crippen LogP contribution is 2.39. The zero-order valence-corrected chi connectivity index (χ0v) is 15.1. The van der Waals surface area contributed by atoms with Crippen molar-refractivity contribution in [2.24, 2.45) is 17.3 Å². The van der Waals surface area contributed by atoms with Gasteiger partial charge in [-0.3, -0.25) is 4.79 Å². The number of alkyl halides is 1. The molecule has 1 aliphatic carbocycles. The first-order valence-corrected chi connectivity index (χ1v) is 9.41. The van der Waals surface area contributed by atoms with Gasteiger partial charge in [0, 0.05) is 17.8 Å². The number of unbranched alkanes of at least 4 members (excludes halogenated alkanes) is 3. The molecule has 0 aliphatic heterocycles. The molecule has 1 rings (SSSR count). The number of nitrogens with one attached hydrogen (secondary N) is 1. The van der Waals surface area contributed by atoms with Gasteiger partial charge in [0.15, 0.2) is 0 Å². The fourth-order valence-corrected chi connectivity index (χ4v) is 3.55. The summed E-state index contributed by atoms with van der Waals surface area (Å²) in [6.45, 7) is 7.83. The standard InChI is InChI=1S/C17H32BrNO/c1-17(2,3)15-10-8-14(9-11-15)16(20)19-13-7-5-4-6-12-18/h14-15H,4-13H2,1-3H3,(H,19,20). The van der Waals surface area contributed by atoms with Crippen molar-refractivity contribution in [3.63, 3.8) is 0 Å². The van der Waals surface area contributed by atoms with Crippen LogP contribution in [-0.2, 0) is 4.79 Å². The molecule has 0 unspecified atom stereocenters. The van der Waals surface area contributed by atoms with E-state index in [0.717, 1.165) is 37.1 Å². The maximum atomic E-state index is 12.1. The van der Waals surface area contributed by atoms with Crippen molar-refractivity contribution in [2.75, 3.05) is 11.9 Å². The smallest absolute Gasteiger partial charge is 0.223 e. The molecule has 2 nitrogen and oxygen atoms in total. The Balaban J connectivity index is 2.13. The van der Waals surface area contributed by atoms with Crippen molar-refractivity contribution >= 4 is 21.8 Å². The van der Waals surface area contributed by atoms with Gasteiger partial charge in [-0.2, -0.15) is 0 Å². The Kier molecular flexibility index (Phi) is 8.16. The van der Waals surface area contributed by atoms with Crippen LogP contribution in [0.4, 0.5) is 0 Å². The molecule has 1 saturated carbocycles. The second-order valence-corrected chi connectivity index (χ2v) is 8.10. The Bertz CT molecular complexity index is 277. The number of halogens is 1. The van der Waals surface area contributed by atoms with Gasteiger partial charge in [-0.1, -0.05) is 49.5 Å². The van der Waals surface area contributed by atoms with Crippen molar-refractivity contribution in [2.45, 2.75) is 72.1 Å². The third-order valence-corrected chi connectivity index (χ3v) is 5.24. The molecular weight excluding hydrogens is 314 g/mol. The summed E-state index contributed by atoms with van der Waals surface area (Å²) in [5.74, 6) is 1.37. The third kappa shape index (κ3) is 6.60. The number of hydrogen-bond acceptors (Lipinski definition) is 1. The van der Waals surface area contributed by atoms with Crippen LogP contribution in [-0.4, -0.2) is 17.8 Å². The first-order valence-electron chi connectivity index (χ1n) is 8.29. The summed E-state index contributed by atoms with van der Waals surface area (Å²) in [7, 11) is 0. The van der Waals surface area contributed by atoms with Gasteiger partial charge in [0.25, 0.3) is 0 Å². The topological polar surface area (TPSA) is 29.1 Å². The maximum Gasteiger partial charge on any atom is 0.223 e. The zero-order valence-electron chi connectivity index (χ0n) is 13.5. The quantitative estimate of drug-likeness (QED) is 0.515. The molecule has 1 N–H and O–H groups in total. The first-order chi connectivity index (χ1) is 9.45. The van der Waals surface area contributed by atoms with E-state index in [0.29, 0.717) is 11.3 Å². The molecule has 118 valence electrons. The molecule has 0 saturated heterocycles. The molecule has 3 heteroatoms. The molecule has 0 radical (unpaired) electrons. The lowest BCUT2D eigenvalue weighted by atomic mass is 9.69. The van der Waals surface area contributed by atoms with Crippen LogP contribution in [0.3, 0.4) is 0 Å². The lowest BCUT2D eigenvalue weighted by Crippen LogP contribution is -2.35. The van der Waals surface area contributed by atoms with Crippen molar-refractivity contribution in [1.82, 2.24) is 5.32 Å². The van der Waals surface area contributed by atoms with Crippen LogP contribution in [0.25, 0.3) is 0 Å². The summed E-state index contributed by atoms with van der Waals surface area (Å²) in [5.41, 5.74) is 0.400. The van der Waals surface area contributed by atoms with E-state index in [1.807, 2.05) is 0 Å². The molecule has 0 spiro atoms. The second-order valence-electron chi connectivity index (χ2n) is 7.31. The highest BCUT2D eigenvalue weighted by atomic mass is 79.9. The summed E-state index contributed by atoms with van der Waals surface area (Å²) in [6.07, 6.45) is 9.44. The number of carbonyl (C=O) groups excluding carboxylic acids is 1. The van der Waals surface area contributed by atoms with E-state index in [2.05, 4.69) is 42.0 Å². The molecule has 0 atom stereocenters. The summed E-state index contributed by atoms with van der Waals surface area (Å²) < 4.78 is 0. The molecule has 1 amide bonds. The van der Waals surface area contributed by atoms with Crippen LogP contribution in [0.1, 0.15) is 72.1 Å². The van der Waals surface area contributed by atoms with Gasteiger partial charge in [0.05, 0.1) is 0 Å². The highest BCUT2D eigenvalue weighted by molar-refractivity contribution is 9.09. The predicted octanol–water partition coefficient (Wildman–Crippen LogP) is 4.91. The van der Waals surface area contributed by atoms with Crippen LogP contribution < -0.4 is 5.32 Å². The van der Waals surface area contributed by atoms with Crippen molar-refractivity contribution in [3.05, 3.63) is 0 Å². The van der Waals surface area contributed by atoms with Crippen LogP contribution in [0.15, 0.2) is 0 Å². The Morgan fingerprint density at radius 1 is 1.05 bits per heavy atom. The lowest BCUT2D eigenvalue weighted by molar-refractivity contribution is -0.126. The average molecular weight is 346 g/mol. The molecule has 1 aliphatic rings. The monoisotopic (exact) mass is 345 g/mol. The Morgan fingerprint density at radius 3 is 2.20 bits per heavy atom.